The fourth-order valence-electron chi connectivity index (χ4n) is 0.953. The van der Waals surface area contributed by atoms with Gasteiger partial charge in [-0.25, -0.2) is 9.97 Å². The van der Waals surface area contributed by atoms with Gasteiger partial charge in [0, 0.05) is 0 Å². The van der Waals surface area contributed by atoms with Crippen molar-refractivity contribution in [1.29, 1.82) is 0 Å². The van der Waals surface area contributed by atoms with Gasteiger partial charge in [0.15, 0.2) is 6.61 Å². The molecule has 0 radical (unpaired) electrons. The first-order chi connectivity index (χ1) is 8.01. The third kappa shape index (κ3) is 5.76. The molecule has 1 aromatic heterocycles. The van der Waals surface area contributed by atoms with Crippen molar-refractivity contribution in [3.05, 3.63) is 12.4 Å². The SMILES string of the molecule is CC#CCOc1cc(OCC(C)(C)C)ncn1. The van der Waals surface area contributed by atoms with Crippen LogP contribution in [0.4, 0.5) is 0 Å². The number of aromatic nitrogens is 2. The highest BCUT2D eigenvalue weighted by molar-refractivity contribution is 5.18. The van der Waals surface area contributed by atoms with E-state index >= 15 is 0 Å². The van der Waals surface area contributed by atoms with E-state index in [1.54, 1.807) is 13.0 Å². The van der Waals surface area contributed by atoms with Gasteiger partial charge >= 0.3 is 0 Å². The van der Waals surface area contributed by atoms with Crippen LogP contribution in [0, 0.1) is 17.3 Å². The highest BCUT2D eigenvalue weighted by Gasteiger charge is 2.11. The summed E-state index contributed by atoms with van der Waals surface area (Å²) >= 11 is 0. The fourth-order valence-corrected chi connectivity index (χ4v) is 0.953. The van der Waals surface area contributed by atoms with Gasteiger partial charge < -0.3 is 9.47 Å². The largest absolute Gasteiger partial charge is 0.477 e. The summed E-state index contributed by atoms with van der Waals surface area (Å²) in [5.41, 5.74) is 0.0969. The van der Waals surface area contributed by atoms with E-state index in [-0.39, 0.29) is 5.41 Å². The third-order valence-electron chi connectivity index (χ3n) is 1.74. The van der Waals surface area contributed by atoms with Gasteiger partial charge in [0.25, 0.3) is 0 Å². The molecule has 4 nitrogen and oxygen atoms in total. The van der Waals surface area contributed by atoms with Crippen LogP contribution in [-0.4, -0.2) is 23.2 Å². The van der Waals surface area contributed by atoms with E-state index in [9.17, 15) is 0 Å². The molecule has 17 heavy (non-hydrogen) atoms. The van der Waals surface area contributed by atoms with Crippen molar-refractivity contribution in [3.8, 4) is 23.6 Å². The summed E-state index contributed by atoms with van der Waals surface area (Å²) < 4.78 is 10.9. The molecule has 0 aliphatic carbocycles. The Hall–Kier alpha value is -1.76. The Bertz CT molecular complexity index is 413. The zero-order chi connectivity index (χ0) is 12.7. The first-order valence-electron chi connectivity index (χ1n) is 5.48. The molecular weight excluding hydrogens is 216 g/mol. The Labute approximate surface area is 102 Å². The van der Waals surface area contributed by atoms with Crippen molar-refractivity contribution < 1.29 is 9.47 Å². The molecule has 0 bridgehead atoms. The molecule has 0 N–H and O–H groups in total. The van der Waals surface area contributed by atoms with E-state index in [0.717, 1.165) is 0 Å². The number of nitrogens with zero attached hydrogens (tertiary/aromatic N) is 2. The summed E-state index contributed by atoms with van der Waals surface area (Å²) in [6, 6.07) is 1.67. The summed E-state index contributed by atoms with van der Waals surface area (Å²) in [6.45, 7) is 8.99. The predicted molar refractivity (Wildman–Crippen MR) is 65.9 cm³/mol. The van der Waals surface area contributed by atoms with E-state index in [1.807, 2.05) is 0 Å². The maximum absolute atomic E-state index is 5.55. The topological polar surface area (TPSA) is 44.2 Å². The molecule has 0 saturated heterocycles. The van der Waals surface area contributed by atoms with E-state index in [4.69, 9.17) is 9.47 Å². The molecule has 0 unspecified atom stereocenters. The average molecular weight is 234 g/mol. The first kappa shape index (κ1) is 13.3. The Morgan fingerprint density at radius 3 is 2.41 bits per heavy atom. The second-order valence-electron chi connectivity index (χ2n) is 4.76. The van der Waals surface area contributed by atoms with Crippen LogP contribution < -0.4 is 9.47 Å². The summed E-state index contributed by atoms with van der Waals surface area (Å²) in [5.74, 6) is 6.55. The van der Waals surface area contributed by atoms with E-state index in [0.29, 0.717) is 25.0 Å². The Kier molecular flexibility index (Phi) is 4.77. The molecule has 4 heteroatoms. The lowest BCUT2D eigenvalue weighted by atomic mass is 9.99. The van der Waals surface area contributed by atoms with Gasteiger partial charge in [-0.2, -0.15) is 0 Å². The fraction of sp³-hybridized carbons (Fsp3) is 0.538. The van der Waals surface area contributed by atoms with Crippen LogP contribution in [0.5, 0.6) is 11.8 Å². The highest BCUT2D eigenvalue weighted by Crippen LogP contribution is 2.18. The summed E-state index contributed by atoms with van der Waals surface area (Å²) in [6.07, 6.45) is 1.42. The first-order valence-corrected chi connectivity index (χ1v) is 5.48. The predicted octanol–water partition coefficient (Wildman–Crippen LogP) is 2.30. The Morgan fingerprint density at radius 1 is 1.18 bits per heavy atom. The van der Waals surface area contributed by atoms with Gasteiger partial charge in [-0.1, -0.05) is 26.7 Å². The highest BCUT2D eigenvalue weighted by atomic mass is 16.5. The summed E-state index contributed by atoms with van der Waals surface area (Å²) in [5, 5.41) is 0. The quantitative estimate of drug-likeness (QED) is 0.750. The standard InChI is InChI=1S/C13H18N2O2/c1-5-6-7-16-11-8-12(15-10-14-11)17-9-13(2,3)4/h8,10H,7,9H2,1-4H3. The monoisotopic (exact) mass is 234 g/mol. The van der Waals surface area contributed by atoms with Crippen LogP contribution in [0.1, 0.15) is 27.7 Å². The maximum Gasteiger partial charge on any atom is 0.221 e. The molecule has 1 rings (SSSR count). The zero-order valence-corrected chi connectivity index (χ0v) is 10.8. The Morgan fingerprint density at radius 2 is 1.82 bits per heavy atom. The Balaban J connectivity index is 2.55. The molecule has 0 spiro atoms. The van der Waals surface area contributed by atoms with Crippen molar-refractivity contribution in [2.75, 3.05) is 13.2 Å². The van der Waals surface area contributed by atoms with Crippen LogP contribution in [0.15, 0.2) is 12.4 Å². The lowest BCUT2D eigenvalue weighted by molar-refractivity contribution is 0.190. The van der Waals surface area contributed by atoms with Crippen molar-refractivity contribution in [3.63, 3.8) is 0 Å². The normalized spacial score (nSPS) is 10.4. The second kappa shape index (κ2) is 6.09. The molecule has 0 aliphatic heterocycles. The number of hydrogen-bond acceptors (Lipinski definition) is 4. The minimum absolute atomic E-state index is 0.0969. The smallest absolute Gasteiger partial charge is 0.221 e. The van der Waals surface area contributed by atoms with Crippen LogP contribution >= 0.6 is 0 Å². The number of rotatable bonds is 4. The van der Waals surface area contributed by atoms with Gasteiger partial charge in [-0.15, -0.1) is 5.92 Å². The molecule has 0 saturated carbocycles. The summed E-state index contributed by atoms with van der Waals surface area (Å²) in [4.78, 5) is 8.00. The molecule has 1 aromatic rings. The molecule has 0 aliphatic rings. The van der Waals surface area contributed by atoms with Gasteiger partial charge in [0.05, 0.1) is 12.7 Å². The second-order valence-corrected chi connectivity index (χ2v) is 4.76. The van der Waals surface area contributed by atoms with Crippen LogP contribution in [0.3, 0.4) is 0 Å². The lowest BCUT2D eigenvalue weighted by Crippen LogP contribution is -2.17. The molecular formula is C13H18N2O2. The lowest BCUT2D eigenvalue weighted by Gasteiger charge is -2.18. The number of hydrogen-bond donors (Lipinski definition) is 0. The van der Waals surface area contributed by atoms with Gasteiger partial charge in [-0.05, 0) is 12.3 Å². The molecule has 1 heterocycles. The molecule has 0 amide bonds. The van der Waals surface area contributed by atoms with E-state index in [1.165, 1.54) is 6.33 Å². The minimum atomic E-state index is 0.0969. The van der Waals surface area contributed by atoms with Crippen LogP contribution in [0.2, 0.25) is 0 Å². The zero-order valence-electron chi connectivity index (χ0n) is 10.8. The minimum Gasteiger partial charge on any atom is -0.477 e. The van der Waals surface area contributed by atoms with Crippen LogP contribution in [0.25, 0.3) is 0 Å². The van der Waals surface area contributed by atoms with Gasteiger partial charge in [0.1, 0.15) is 6.33 Å². The number of ether oxygens (including phenoxy) is 2. The van der Waals surface area contributed by atoms with Crippen molar-refractivity contribution in [2.45, 2.75) is 27.7 Å². The third-order valence-corrected chi connectivity index (χ3v) is 1.74. The average Bonchev–Trinajstić information content (AvgIpc) is 2.27. The maximum atomic E-state index is 5.55. The molecule has 0 aromatic carbocycles. The molecule has 92 valence electrons. The molecule has 0 fully saturated rings. The summed E-state index contributed by atoms with van der Waals surface area (Å²) in [7, 11) is 0. The van der Waals surface area contributed by atoms with Crippen molar-refractivity contribution >= 4 is 0 Å². The van der Waals surface area contributed by atoms with Crippen molar-refractivity contribution in [2.24, 2.45) is 5.41 Å². The van der Waals surface area contributed by atoms with Crippen LogP contribution in [-0.2, 0) is 0 Å². The van der Waals surface area contributed by atoms with Crippen molar-refractivity contribution in [1.82, 2.24) is 9.97 Å². The van der Waals surface area contributed by atoms with Gasteiger partial charge in [0.2, 0.25) is 11.8 Å². The molecule has 0 atom stereocenters. The van der Waals surface area contributed by atoms with Gasteiger partial charge in [-0.3, -0.25) is 0 Å². The van der Waals surface area contributed by atoms with E-state index in [2.05, 4.69) is 42.6 Å². The van der Waals surface area contributed by atoms with E-state index < -0.39 is 0 Å².